The molecular weight excluding hydrogens is 366 g/mol. The van der Waals surface area contributed by atoms with Gasteiger partial charge in [-0.1, -0.05) is 0 Å². The summed E-state index contributed by atoms with van der Waals surface area (Å²) in [6.07, 6.45) is 1.28. The van der Waals surface area contributed by atoms with Crippen LogP contribution in [0.5, 0.6) is 0 Å². The fourth-order valence-electron chi connectivity index (χ4n) is 2.52. The summed E-state index contributed by atoms with van der Waals surface area (Å²) >= 11 is 0. The molecule has 0 saturated carbocycles. The van der Waals surface area contributed by atoms with Gasteiger partial charge in [0.1, 0.15) is 6.54 Å². The minimum atomic E-state index is -3.70. The molecule has 0 aromatic carbocycles. The van der Waals surface area contributed by atoms with Crippen LogP contribution in [0.25, 0.3) is 0 Å². The monoisotopic (exact) mass is 393 g/mol. The third-order valence-electron chi connectivity index (χ3n) is 3.96. The fraction of sp³-hybridized carbons (Fsp3) is 0.800. The van der Waals surface area contributed by atoms with Crippen LogP contribution in [0.4, 0.5) is 0 Å². The molecule has 1 heterocycles. The zero-order chi connectivity index (χ0) is 19.9. The Kier molecular flexibility index (Phi) is 8.44. The summed E-state index contributed by atoms with van der Waals surface area (Å²) in [7, 11) is -0.394. The molecule has 11 heteroatoms. The van der Waals surface area contributed by atoms with E-state index in [-0.39, 0.29) is 44.4 Å². The molecule has 0 bridgehead atoms. The van der Waals surface area contributed by atoms with Crippen molar-refractivity contribution in [2.75, 3.05) is 53.1 Å². The second-order valence-electron chi connectivity index (χ2n) is 6.42. The van der Waals surface area contributed by atoms with Crippen LogP contribution in [0, 0.1) is 0 Å². The van der Waals surface area contributed by atoms with E-state index in [0.29, 0.717) is 13.0 Å². The number of hydrogen-bond donors (Lipinski definition) is 1. The van der Waals surface area contributed by atoms with E-state index in [1.807, 2.05) is 0 Å². The number of amides is 2. The minimum Gasteiger partial charge on any atom is -0.480 e. The first-order valence-corrected chi connectivity index (χ1v) is 10.1. The predicted octanol–water partition coefficient (Wildman–Crippen LogP) is -1.18. The lowest BCUT2D eigenvalue weighted by Crippen LogP contribution is -2.51. The molecular formula is C15H27N3O7S. The average Bonchev–Trinajstić information content (AvgIpc) is 2.53. The van der Waals surface area contributed by atoms with Crippen LogP contribution in [-0.4, -0.2) is 105 Å². The van der Waals surface area contributed by atoms with Gasteiger partial charge in [-0.15, -0.1) is 0 Å². The van der Waals surface area contributed by atoms with Crippen LogP contribution in [-0.2, 0) is 29.1 Å². The molecule has 1 unspecified atom stereocenters. The SMILES string of the molecule is CN(C)C(=O)CCCC(=O)N1CCOC(CN(CC(=O)O)S(C)(=O)=O)C1. The molecule has 1 aliphatic rings. The minimum absolute atomic E-state index is 0.0462. The fourth-order valence-corrected chi connectivity index (χ4v) is 3.31. The second-order valence-corrected chi connectivity index (χ2v) is 8.41. The first-order valence-electron chi connectivity index (χ1n) is 8.27. The van der Waals surface area contributed by atoms with Crippen LogP contribution in [0.2, 0.25) is 0 Å². The number of morpholine rings is 1. The van der Waals surface area contributed by atoms with Crippen molar-refractivity contribution in [3.63, 3.8) is 0 Å². The van der Waals surface area contributed by atoms with Crippen molar-refractivity contribution < 1.29 is 32.6 Å². The Bertz CT molecular complexity index is 621. The zero-order valence-electron chi connectivity index (χ0n) is 15.4. The number of carbonyl (C=O) groups is 3. The Hall–Kier alpha value is -1.72. The first kappa shape index (κ1) is 22.3. The molecule has 1 N–H and O–H groups in total. The molecule has 2 amide bonds. The van der Waals surface area contributed by atoms with Gasteiger partial charge in [-0.25, -0.2) is 8.42 Å². The number of ether oxygens (including phenoxy) is 1. The number of hydrogen-bond acceptors (Lipinski definition) is 6. The quantitative estimate of drug-likeness (QED) is 0.523. The molecule has 1 atom stereocenters. The van der Waals surface area contributed by atoms with Crippen molar-refractivity contribution in [2.45, 2.75) is 25.4 Å². The third-order valence-corrected chi connectivity index (χ3v) is 5.18. The third kappa shape index (κ3) is 7.67. The van der Waals surface area contributed by atoms with Crippen molar-refractivity contribution in [3.05, 3.63) is 0 Å². The molecule has 0 spiro atoms. The number of carboxylic acid groups (broad SMARTS) is 1. The lowest BCUT2D eigenvalue weighted by atomic mass is 10.2. The van der Waals surface area contributed by atoms with Crippen LogP contribution in [0.15, 0.2) is 0 Å². The number of carbonyl (C=O) groups excluding carboxylic acids is 2. The van der Waals surface area contributed by atoms with E-state index in [1.165, 1.54) is 4.90 Å². The van der Waals surface area contributed by atoms with Gasteiger partial charge in [0, 0.05) is 46.6 Å². The van der Waals surface area contributed by atoms with E-state index in [4.69, 9.17) is 9.84 Å². The molecule has 1 fully saturated rings. The lowest BCUT2D eigenvalue weighted by Gasteiger charge is -2.35. The Balaban J connectivity index is 2.55. The number of aliphatic carboxylic acids is 1. The Morgan fingerprint density at radius 2 is 1.88 bits per heavy atom. The summed E-state index contributed by atoms with van der Waals surface area (Å²) in [5.74, 6) is -1.44. The molecule has 1 saturated heterocycles. The zero-order valence-corrected chi connectivity index (χ0v) is 16.2. The maximum atomic E-state index is 12.3. The predicted molar refractivity (Wildman–Crippen MR) is 92.9 cm³/mol. The first-order chi connectivity index (χ1) is 12.0. The molecule has 26 heavy (non-hydrogen) atoms. The lowest BCUT2D eigenvalue weighted by molar-refractivity contribution is -0.141. The molecule has 0 aromatic rings. The van der Waals surface area contributed by atoms with Gasteiger partial charge in [0.2, 0.25) is 21.8 Å². The Labute approximate surface area is 153 Å². The highest BCUT2D eigenvalue weighted by molar-refractivity contribution is 7.88. The van der Waals surface area contributed by atoms with Gasteiger partial charge in [-0.2, -0.15) is 4.31 Å². The number of carboxylic acids is 1. The second kappa shape index (κ2) is 9.83. The van der Waals surface area contributed by atoms with E-state index in [2.05, 4.69) is 0 Å². The van der Waals surface area contributed by atoms with E-state index >= 15 is 0 Å². The van der Waals surface area contributed by atoms with Crippen molar-refractivity contribution in [1.82, 2.24) is 14.1 Å². The number of nitrogens with zero attached hydrogens (tertiary/aromatic N) is 3. The summed E-state index contributed by atoms with van der Waals surface area (Å²) < 4.78 is 29.7. The number of rotatable bonds is 9. The van der Waals surface area contributed by atoms with Gasteiger partial charge in [0.25, 0.3) is 0 Å². The van der Waals surface area contributed by atoms with Crippen LogP contribution < -0.4 is 0 Å². The van der Waals surface area contributed by atoms with Crippen molar-refractivity contribution >= 4 is 27.8 Å². The van der Waals surface area contributed by atoms with Gasteiger partial charge in [0.05, 0.1) is 19.0 Å². The summed E-state index contributed by atoms with van der Waals surface area (Å²) in [4.78, 5) is 37.7. The molecule has 1 aliphatic heterocycles. The van der Waals surface area contributed by atoms with E-state index in [9.17, 15) is 22.8 Å². The Morgan fingerprint density at radius 1 is 1.23 bits per heavy atom. The average molecular weight is 393 g/mol. The summed E-state index contributed by atoms with van der Waals surface area (Å²) in [6.45, 7) is 0.0336. The van der Waals surface area contributed by atoms with Gasteiger partial charge >= 0.3 is 5.97 Å². The smallest absolute Gasteiger partial charge is 0.318 e. The molecule has 0 aromatic heterocycles. The highest BCUT2D eigenvalue weighted by Crippen LogP contribution is 2.12. The highest BCUT2D eigenvalue weighted by atomic mass is 32.2. The van der Waals surface area contributed by atoms with Gasteiger partial charge in [-0.05, 0) is 6.42 Å². The van der Waals surface area contributed by atoms with E-state index in [1.54, 1.807) is 19.0 Å². The molecule has 0 radical (unpaired) electrons. The maximum Gasteiger partial charge on any atom is 0.318 e. The summed E-state index contributed by atoms with van der Waals surface area (Å²) in [5, 5.41) is 8.86. The topological polar surface area (TPSA) is 125 Å². The highest BCUT2D eigenvalue weighted by Gasteiger charge is 2.29. The van der Waals surface area contributed by atoms with E-state index < -0.39 is 28.6 Å². The van der Waals surface area contributed by atoms with Crippen molar-refractivity contribution in [2.24, 2.45) is 0 Å². The van der Waals surface area contributed by atoms with Gasteiger partial charge < -0.3 is 19.6 Å². The molecule has 1 rings (SSSR count). The number of sulfonamides is 1. The molecule has 10 nitrogen and oxygen atoms in total. The normalized spacial score (nSPS) is 18.0. The van der Waals surface area contributed by atoms with Gasteiger partial charge in [0.15, 0.2) is 0 Å². The van der Waals surface area contributed by atoms with Crippen molar-refractivity contribution in [3.8, 4) is 0 Å². The van der Waals surface area contributed by atoms with Crippen LogP contribution >= 0.6 is 0 Å². The summed E-state index contributed by atoms with van der Waals surface area (Å²) in [5.41, 5.74) is 0. The summed E-state index contributed by atoms with van der Waals surface area (Å²) in [6, 6.07) is 0. The molecule has 0 aliphatic carbocycles. The van der Waals surface area contributed by atoms with Crippen molar-refractivity contribution in [1.29, 1.82) is 0 Å². The Morgan fingerprint density at radius 3 is 2.42 bits per heavy atom. The van der Waals surface area contributed by atoms with Crippen LogP contribution in [0.3, 0.4) is 0 Å². The maximum absolute atomic E-state index is 12.3. The van der Waals surface area contributed by atoms with Gasteiger partial charge in [-0.3, -0.25) is 14.4 Å². The van der Waals surface area contributed by atoms with Crippen LogP contribution in [0.1, 0.15) is 19.3 Å². The van der Waals surface area contributed by atoms with E-state index in [0.717, 1.165) is 10.6 Å². The molecule has 150 valence electrons. The largest absolute Gasteiger partial charge is 0.480 e. The standard InChI is InChI=1S/C15H27N3O7S/c1-16(2)13(19)5-4-6-14(20)17-7-8-25-12(9-17)10-18(11-15(21)22)26(3,23)24/h12H,4-11H2,1-3H3,(H,21,22).